The van der Waals surface area contributed by atoms with Crippen molar-refractivity contribution < 1.29 is 9.18 Å². The van der Waals surface area contributed by atoms with Crippen LogP contribution in [0, 0.1) is 21.2 Å². The van der Waals surface area contributed by atoms with E-state index in [4.69, 9.17) is 0 Å². The van der Waals surface area contributed by atoms with E-state index in [9.17, 15) is 9.18 Å². The molecule has 0 radical (unpaired) electrons. The van der Waals surface area contributed by atoms with Crippen LogP contribution in [0.2, 0.25) is 0 Å². The second-order valence-electron chi connectivity index (χ2n) is 5.34. The van der Waals surface area contributed by atoms with E-state index < -0.39 is 0 Å². The molecule has 1 amide bonds. The number of nitrogens with zero attached hydrogens (tertiary/aromatic N) is 1. The molecule has 1 N–H and O–H groups in total. The van der Waals surface area contributed by atoms with Gasteiger partial charge in [0.15, 0.2) is 0 Å². The fraction of sp³-hybridized carbons (Fsp3) is 0.500. The van der Waals surface area contributed by atoms with Crippen molar-refractivity contribution in [1.29, 1.82) is 0 Å². The molecule has 2 saturated heterocycles. The first-order valence-electron chi connectivity index (χ1n) is 6.60. The summed E-state index contributed by atoms with van der Waals surface area (Å²) in [5.41, 5.74) is 0.617. The average molecular weight is 374 g/mol. The van der Waals surface area contributed by atoms with Crippen LogP contribution in [0.1, 0.15) is 16.8 Å². The summed E-state index contributed by atoms with van der Waals surface area (Å²) in [7, 11) is 0. The third-order valence-corrected chi connectivity index (χ3v) is 5.05. The van der Waals surface area contributed by atoms with Crippen LogP contribution < -0.4 is 5.32 Å². The number of amides is 1. The van der Waals surface area contributed by atoms with Crippen LogP contribution in [0.5, 0.6) is 0 Å². The standard InChI is InChI=1S/C14H16FIN2O/c15-11-1-2-12(13(16)5-11)14(19)18-4-3-9-6-17-7-10(9)8-18/h1-2,5,9-10,17H,3-4,6-8H2. The van der Waals surface area contributed by atoms with Gasteiger partial charge in [-0.1, -0.05) is 0 Å². The number of benzene rings is 1. The monoisotopic (exact) mass is 374 g/mol. The number of carbonyl (C=O) groups excluding carboxylic acids is 1. The molecular formula is C14H16FIN2O. The molecule has 0 saturated carbocycles. The molecule has 0 spiro atoms. The smallest absolute Gasteiger partial charge is 0.254 e. The number of halogens is 2. The van der Waals surface area contributed by atoms with Gasteiger partial charge >= 0.3 is 0 Å². The first-order chi connectivity index (χ1) is 9.15. The molecule has 102 valence electrons. The number of piperidine rings is 1. The maximum atomic E-state index is 13.1. The van der Waals surface area contributed by atoms with E-state index >= 15 is 0 Å². The Morgan fingerprint density at radius 2 is 2.16 bits per heavy atom. The largest absolute Gasteiger partial charge is 0.338 e. The van der Waals surface area contributed by atoms with Crippen LogP contribution >= 0.6 is 22.6 Å². The molecule has 2 unspecified atom stereocenters. The van der Waals surface area contributed by atoms with Crippen LogP contribution in [-0.4, -0.2) is 37.0 Å². The van der Waals surface area contributed by atoms with Crippen molar-refractivity contribution in [3.8, 4) is 0 Å². The Hall–Kier alpha value is -0.690. The number of fused-ring (bicyclic) bond motifs is 1. The van der Waals surface area contributed by atoms with Crippen molar-refractivity contribution in [3.05, 3.63) is 33.1 Å². The lowest BCUT2D eigenvalue weighted by atomic mass is 9.88. The van der Waals surface area contributed by atoms with E-state index in [1.165, 1.54) is 12.1 Å². The van der Waals surface area contributed by atoms with Crippen molar-refractivity contribution in [2.24, 2.45) is 11.8 Å². The second-order valence-corrected chi connectivity index (χ2v) is 6.50. The molecule has 2 fully saturated rings. The highest BCUT2D eigenvalue weighted by atomic mass is 127. The van der Waals surface area contributed by atoms with E-state index in [0.717, 1.165) is 38.5 Å². The Morgan fingerprint density at radius 3 is 2.95 bits per heavy atom. The van der Waals surface area contributed by atoms with Gasteiger partial charge in [0.25, 0.3) is 5.91 Å². The summed E-state index contributed by atoms with van der Waals surface area (Å²) >= 11 is 2.03. The highest BCUT2D eigenvalue weighted by molar-refractivity contribution is 14.1. The van der Waals surface area contributed by atoms with Gasteiger partial charge in [0.2, 0.25) is 0 Å². The molecule has 0 aromatic heterocycles. The predicted molar refractivity (Wildman–Crippen MR) is 79.5 cm³/mol. The average Bonchev–Trinajstić information content (AvgIpc) is 2.85. The molecule has 3 rings (SSSR count). The van der Waals surface area contributed by atoms with Gasteiger partial charge in [-0.2, -0.15) is 0 Å². The molecule has 0 bridgehead atoms. The zero-order chi connectivity index (χ0) is 13.4. The number of nitrogens with one attached hydrogen (secondary N) is 1. The predicted octanol–water partition coefficient (Wildman–Crippen LogP) is 2.11. The number of likely N-dealkylation sites (tertiary alicyclic amines) is 1. The molecule has 1 aromatic rings. The van der Waals surface area contributed by atoms with Crippen LogP contribution in [0.15, 0.2) is 18.2 Å². The third-order valence-electron chi connectivity index (χ3n) is 4.15. The SMILES string of the molecule is O=C(c1ccc(F)cc1I)N1CCC2CNCC2C1. The summed E-state index contributed by atoms with van der Waals surface area (Å²) in [6, 6.07) is 4.37. The first-order valence-corrected chi connectivity index (χ1v) is 7.68. The highest BCUT2D eigenvalue weighted by Gasteiger charge is 2.34. The van der Waals surface area contributed by atoms with Crippen molar-refractivity contribution in [1.82, 2.24) is 10.2 Å². The summed E-state index contributed by atoms with van der Waals surface area (Å²) < 4.78 is 13.8. The molecule has 2 aliphatic rings. The number of hydrogen-bond acceptors (Lipinski definition) is 2. The van der Waals surface area contributed by atoms with Gasteiger partial charge in [-0.25, -0.2) is 4.39 Å². The lowest BCUT2D eigenvalue weighted by Crippen LogP contribution is -2.43. The third kappa shape index (κ3) is 2.63. The molecular weight excluding hydrogens is 358 g/mol. The van der Waals surface area contributed by atoms with Crippen molar-refractivity contribution in [2.75, 3.05) is 26.2 Å². The van der Waals surface area contributed by atoms with Crippen LogP contribution in [0.25, 0.3) is 0 Å². The van der Waals surface area contributed by atoms with Crippen LogP contribution in [0.4, 0.5) is 4.39 Å². The van der Waals surface area contributed by atoms with Crippen LogP contribution in [0.3, 0.4) is 0 Å². The lowest BCUT2D eigenvalue weighted by Gasteiger charge is -2.34. The normalized spacial score (nSPS) is 26.3. The quantitative estimate of drug-likeness (QED) is 0.764. The van der Waals surface area contributed by atoms with E-state index in [0.29, 0.717) is 15.1 Å². The summed E-state index contributed by atoms with van der Waals surface area (Å²) in [5, 5.41) is 3.39. The zero-order valence-corrected chi connectivity index (χ0v) is 12.7. The Balaban J connectivity index is 1.76. The van der Waals surface area contributed by atoms with Crippen molar-refractivity contribution >= 4 is 28.5 Å². The minimum atomic E-state index is -0.292. The number of rotatable bonds is 1. The molecule has 5 heteroatoms. The van der Waals surface area contributed by atoms with Crippen molar-refractivity contribution in [2.45, 2.75) is 6.42 Å². The number of carbonyl (C=O) groups is 1. The number of hydrogen-bond donors (Lipinski definition) is 1. The van der Waals surface area contributed by atoms with Gasteiger partial charge in [0.05, 0.1) is 5.56 Å². The van der Waals surface area contributed by atoms with E-state index in [1.807, 2.05) is 27.5 Å². The molecule has 0 aliphatic carbocycles. The molecule has 3 nitrogen and oxygen atoms in total. The van der Waals surface area contributed by atoms with Gasteiger partial charge in [0.1, 0.15) is 5.82 Å². The van der Waals surface area contributed by atoms with E-state index in [2.05, 4.69) is 5.32 Å². The Labute approximate surface area is 125 Å². The topological polar surface area (TPSA) is 32.3 Å². The Bertz CT molecular complexity index is 508. The first kappa shape index (κ1) is 13.3. The van der Waals surface area contributed by atoms with Gasteiger partial charge < -0.3 is 10.2 Å². The lowest BCUT2D eigenvalue weighted by molar-refractivity contribution is 0.0641. The minimum Gasteiger partial charge on any atom is -0.338 e. The second kappa shape index (κ2) is 5.36. The zero-order valence-electron chi connectivity index (χ0n) is 10.5. The van der Waals surface area contributed by atoms with E-state index in [-0.39, 0.29) is 11.7 Å². The summed E-state index contributed by atoms with van der Waals surface area (Å²) in [5.74, 6) is 1.04. The minimum absolute atomic E-state index is 0.0368. The maximum absolute atomic E-state index is 13.1. The van der Waals surface area contributed by atoms with Gasteiger partial charge in [-0.3, -0.25) is 4.79 Å². The molecule has 2 atom stereocenters. The maximum Gasteiger partial charge on any atom is 0.254 e. The fourth-order valence-electron chi connectivity index (χ4n) is 3.05. The summed E-state index contributed by atoms with van der Waals surface area (Å²) in [6.07, 6.45) is 1.07. The molecule has 1 aromatic carbocycles. The highest BCUT2D eigenvalue weighted by Crippen LogP contribution is 2.28. The summed E-state index contributed by atoms with van der Waals surface area (Å²) in [6.45, 7) is 3.73. The molecule has 2 heterocycles. The fourth-order valence-corrected chi connectivity index (χ4v) is 3.76. The van der Waals surface area contributed by atoms with Crippen molar-refractivity contribution in [3.63, 3.8) is 0 Å². The van der Waals surface area contributed by atoms with Gasteiger partial charge in [0, 0.05) is 16.7 Å². The van der Waals surface area contributed by atoms with Gasteiger partial charge in [-0.05, 0) is 72.1 Å². The molecule has 2 aliphatic heterocycles. The summed E-state index contributed by atoms with van der Waals surface area (Å²) in [4.78, 5) is 14.4. The van der Waals surface area contributed by atoms with Gasteiger partial charge in [-0.15, -0.1) is 0 Å². The van der Waals surface area contributed by atoms with Crippen LogP contribution in [-0.2, 0) is 0 Å². The molecule has 19 heavy (non-hydrogen) atoms. The van der Waals surface area contributed by atoms with E-state index in [1.54, 1.807) is 6.07 Å². The Kier molecular flexibility index (Phi) is 3.75. The Morgan fingerprint density at radius 1 is 1.37 bits per heavy atom.